The molecule has 5 heteroatoms. The van der Waals surface area contributed by atoms with Gasteiger partial charge in [-0.3, -0.25) is 14.5 Å². The molecule has 0 saturated carbocycles. The van der Waals surface area contributed by atoms with Crippen molar-refractivity contribution in [3.05, 3.63) is 0 Å². The second kappa shape index (κ2) is 11.7. The summed E-state index contributed by atoms with van der Waals surface area (Å²) in [4.78, 5) is 23.8. The molecular weight excluding hydrogens is 258 g/mol. The van der Waals surface area contributed by atoms with Gasteiger partial charge in [-0.25, -0.2) is 0 Å². The van der Waals surface area contributed by atoms with Crippen LogP contribution in [0.25, 0.3) is 0 Å². The molecule has 0 heterocycles. The van der Waals surface area contributed by atoms with Crippen molar-refractivity contribution >= 4 is 11.9 Å². The third-order valence-electron chi connectivity index (χ3n) is 3.45. The summed E-state index contributed by atoms with van der Waals surface area (Å²) >= 11 is 0. The second-order valence-corrected chi connectivity index (χ2v) is 5.24. The molecule has 0 aromatic carbocycles. The van der Waals surface area contributed by atoms with E-state index in [9.17, 15) is 14.7 Å². The van der Waals surface area contributed by atoms with Crippen LogP contribution in [0.15, 0.2) is 0 Å². The maximum absolute atomic E-state index is 11.3. The topological polar surface area (TPSA) is 77.8 Å². The smallest absolute Gasteiger partial charge is 0.320 e. The Bertz CT molecular complexity index is 281. The number of nitrogens with zero attached hydrogens (tertiary/aromatic N) is 1. The van der Waals surface area contributed by atoms with Gasteiger partial charge in [0.1, 0.15) is 6.04 Å². The summed E-state index contributed by atoms with van der Waals surface area (Å²) in [6, 6.07) is -0.550. The number of hydrogen-bond acceptors (Lipinski definition) is 3. The Morgan fingerprint density at radius 1 is 0.950 bits per heavy atom. The van der Waals surface area contributed by atoms with Crippen LogP contribution >= 0.6 is 0 Å². The van der Waals surface area contributed by atoms with Gasteiger partial charge in [0.05, 0.1) is 6.42 Å². The molecule has 0 spiro atoms. The Kier molecular flexibility index (Phi) is 11.1. The molecule has 0 aliphatic rings. The lowest BCUT2D eigenvalue weighted by Crippen LogP contribution is -2.42. The molecule has 5 nitrogen and oxygen atoms in total. The highest BCUT2D eigenvalue weighted by molar-refractivity contribution is 5.73. The largest absolute Gasteiger partial charge is 0.481 e. The van der Waals surface area contributed by atoms with Gasteiger partial charge >= 0.3 is 11.9 Å². The average molecular weight is 287 g/mol. The van der Waals surface area contributed by atoms with Crippen LogP contribution in [0.5, 0.6) is 0 Å². The molecular formula is C15H29NO4. The van der Waals surface area contributed by atoms with Gasteiger partial charge in [0.25, 0.3) is 0 Å². The van der Waals surface area contributed by atoms with Gasteiger partial charge in [-0.05, 0) is 19.4 Å². The third-order valence-corrected chi connectivity index (χ3v) is 3.45. The third kappa shape index (κ3) is 8.91. The van der Waals surface area contributed by atoms with E-state index in [2.05, 4.69) is 6.92 Å². The first kappa shape index (κ1) is 18.9. The van der Waals surface area contributed by atoms with Crippen molar-refractivity contribution in [2.75, 3.05) is 13.1 Å². The van der Waals surface area contributed by atoms with Gasteiger partial charge in [0, 0.05) is 6.54 Å². The van der Waals surface area contributed by atoms with E-state index in [0.717, 1.165) is 25.7 Å². The molecule has 0 aliphatic heterocycles. The van der Waals surface area contributed by atoms with Crippen molar-refractivity contribution < 1.29 is 19.8 Å². The van der Waals surface area contributed by atoms with E-state index in [1.807, 2.05) is 11.8 Å². The minimum absolute atomic E-state index is 0.00243. The lowest BCUT2D eigenvalue weighted by molar-refractivity contribution is -0.145. The highest BCUT2D eigenvalue weighted by atomic mass is 16.4. The summed E-state index contributed by atoms with van der Waals surface area (Å²) in [6.07, 6.45) is 6.92. The van der Waals surface area contributed by atoms with Crippen LogP contribution in [0.3, 0.4) is 0 Å². The van der Waals surface area contributed by atoms with E-state index in [0.29, 0.717) is 19.5 Å². The molecule has 1 atom stereocenters. The monoisotopic (exact) mass is 287 g/mol. The second-order valence-electron chi connectivity index (χ2n) is 5.24. The van der Waals surface area contributed by atoms with Crippen LogP contribution in [0.2, 0.25) is 0 Å². The van der Waals surface area contributed by atoms with Crippen molar-refractivity contribution in [2.24, 2.45) is 0 Å². The Morgan fingerprint density at radius 2 is 1.60 bits per heavy atom. The highest BCUT2D eigenvalue weighted by Gasteiger charge is 2.24. The molecule has 20 heavy (non-hydrogen) atoms. The number of carboxylic acids is 2. The zero-order valence-corrected chi connectivity index (χ0v) is 12.8. The Balaban J connectivity index is 4.36. The standard InChI is InChI=1S/C15H29NO4/c1-3-5-6-7-8-11-16(12-10-14(17)18)13(9-4-2)15(19)20/h13H,3-12H2,1-2H3,(H,17,18)(H,19,20). The molecule has 118 valence electrons. The Hall–Kier alpha value is -1.10. The van der Waals surface area contributed by atoms with Crippen LogP contribution in [-0.2, 0) is 9.59 Å². The van der Waals surface area contributed by atoms with E-state index in [-0.39, 0.29) is 6.42 Å². The lowest BCUT2D eigenvalue weighted by atomic mass is 10.1. The zero-order chi connectivity index (χ0) is 15.4. The SMILES string of the molecule is CCCCCCCN(CCC(=O)O)C(CCC)C(=O)O. The van der Waals surface area contributed by atoms with E-state index < -0.39 is 18.0 Å². The fourth-order valence-electron chi connectivity index (χ4n) is 2.32. The summed E-state index contributed by atoms with van der Waals surface area (Å²) in [6.45, 7) is 5.10. The molecule has 0 bridgehead atoms. The van der Waals surface area contributed by atoms with Crippen LogP contribution < -0.4 is 0 Å². The molecule has 0 aromatic heterocycles. The first-order valence-electron chi connectivity index (χ1n) is 7.71. The van der Waals surface area contributed by atoms with E-state index in [4.69, 9.17) is 5.11 Å². The van der Waals surface area contributed by atoms with Crippen LogP contribution in [0.1, 0.15) is 65.2 Å². The fourth-order valence-corrected chi connectivity index (χ4v) is 2.32. The van der Waals surface area contributed by atoms with Gasteiger partial charge in [0.15, 0.2) is 0 Å². The van der Waals surface area contributed by atoms with Crippen molar-refractivity contribution in [3.63, 3.8) is 0 Å². The van der Waals surface area contributed by atoms with E-state index >= 15 is 0 Å². The number of rotatable bonds is 13. The van der Waals surface area contributed by atoms with Gasteiger partial charge in [-0.1, -0.05) is 46.0 Å². The van der Waals surface area contributed by atoms with E-state index in [1.54, 1.807) is 0 Å². The molecule has 0 aromatic rings. The first-order valence-corrected chi connectivity index (χ1v) is 7.71. The van der Waals surface area contributed by atoms with Crippen LogP contribution in [0, 0.1) is 0 Å². The lowest BCUT2D eigenvalue weighted by Gasteiger charge is -2.28. The minimum atomic E-state index is -0.873. The van der Waals surface area contributed by atoms with Crippen LogP contribution in [-0.4, -0.2) is 46.2 Å². The molecule has 0 amide bonds. The molecule has 1 unspecified atom stereocenters. The van der Waals surface area contributed by atoms with Gasteiger partial charge in [-0.15, -0.1) is 0 Å². The van der Waals surface area contributed by atoms with E-state index in [1.165, 1.54) is 12.8 Å². The molecule has 0 aliphatic carbocycles. The van der Waals surface area contributed by atoms with Gasteiger partial charge in [0.2, 0.25) is 0 Å². The Morgan fingerprint density at radius 3 is 2.10 bits per heavy atom. The molecule has 0 radical (unpaired) electrons. The first-order chi connectivity index (χ1) is 9.52. The van der Waals surface area contributed by atoms with Gasteiger partial charge in [-0.2, -0.15) is 0 Å². The predicted octanol–water partition coefficient (Wildman–Crippen LogP) is 2.99. The summed E-state index contributed by atoms with van der Waals surface area (Å²) in [5, 5.41) is 18.1. The minimum Gasteiger partial charge on any atom is -0.481 e. The molecule has 0 fully saturated rings. The maximum Gasteiger partial charge on any atom is 0.320 e. The maximum atomic E-state index is 11.3. The number of carboxylic acid groups (broad SMARTS) is 2. The molecule has 0 saturated heterocycles. The van der Waals surface area contributed by atoms with Crippen molar-refractivity contribution in [3.8, 4) is 0 Å². The van der Waals surface area contributed by atoms with Gasteiger partial charge < -0.3 is 10.2 Å². The fraction of sp³-hybridized carbons (Fsp3) is 0.867. The quantitative estimate of drug-likeness (QED) is 0.509. The number of hydrogen-bond donors (Lipinski definition) is 2. The molecule has 0 rings (SSSR count). The number of aliphatic carboxylic acids is 2. The summed E-state index contributed by atoms with van der Waals surface area (Å²) in [7, 11) is 0. The van der Waals surface area contributed by atoms with Crippen molar-refractivity contribution in [1.29, 1.82) is 0 Å². The zero-order valence-electron chi connectivity index (χ0n) is 12.8. The predicted molar refractivity (Wildman–Crippen MR) is 78.9 cm³/mol. The highest BCUT2D eigenvalue weighted by Crippen LogP contribution is 2.12. The number of carbonyl (C=O) groups is 2. The van der Waals surface area contributed by atoms with Crippen molar-refractivity contribution in [1.82, 2.24) is 4.90 Å². The van der Waals surface area contributed by atoms with Crippen LogP contribution in [0.4, 0.5) is 0 Å². The average Bonchev–Trinajstić information content (AvgIpc) is 2.39. The summed E-state index contributed by atoms with van der Waals surface area (Å²) < 4.78 is 0. The molecule has 2 N–H and O–H groups in total. The summed E-state index contributed by atoms with van der Waals surface area (Å²) in [5.41, 5.74) is 0. The summed E-state index contributed by atoms with van der Waals surface area (Å²) in [5.74, 6) is -1.72. The number of unbranched alkanes of at least 4 members (excludes halogenated alkanes) is 4. The Labute approximate surface area is 122 Å². The van der Waals surface area contributed by atoms with Crippen molar-refractivity contribution in [2.45, 2.75) is 71.3 Å². The normalized spacial score (nSPS) is 12.6.